The van der Waals surface area contributed by atoms with E-state index in [0.717, 1.165) is 5.56 Å². The van der Waals surface area contributed by atoms with Gasteiger partial charge in [0.1, 0.15) is 11.0 Å². The van der Waals surface area contributed by atoms with Crippen LogP contribution in [0.15, 0.2) is 36.4 Å². The Hall–Kier alpha value is -1.61. The maximum atomic E-state index is 5.89. The predicted molar refractivity (Wildman–Crippen MR) is 62.0 cm³/mol. The first-order chi connectivity index (χ1) is 7.29. The summed E-state index contributed by atoms with van der Waals surface area (Å²) in [5, 5.41) is 3.38. The molecule has 0 aliphatic rings. The van der Waals surface area contributed by atoms with Crippen molar-refractivity contribution in [2.24, 2.45) is 0 Å². The van der Waals surface area contributed by atoms with Crippen molar-refractivity contribution in [3.8, 4) is 11.4 Å². The van der Waals surface area contributed by atoms with Gasteiger partial charge in [-0.1, -0.05) is 41.9 Å². The van der Waals surface area contributed by atoms with E-state index in [-0.39, 0.29) is 0 Å². The Balaban J connectivity index is 2.49. The standard InChI is InChI=1S/C11H10ClN3/c1-13-10-7-9(12)14-11(15-10)8-5-3-2-4-6-8/h2-7H,1H3,(H,13,14,15). The summed E-state index contributed by atoms with van der Waals surface area (Å²) >= 11 is 5.89. The summed E-state index contributed by atoms with van der Waals surface area (Å²) < 4.78 is 0. The molecule has 1 N–H and O–H groups in total. The highest BCUT2D eigenvalue weighted by atomic mass is 35.5. The molecule has 1 aromatic heterocycles. The maximum Gasteiger partial charge on any atom is 0.163 e. The minimum atomic E-state index is 0.438. The Kier molecular flexibility index (Phi) is 2.83. The van der Waals surface area contributed by atoms with Crippen LogP contribution in [0.3, 0.4) is 0 Å². The third kappa shape index (κ3) is 2.25. The van der Waals surface area contributed by atoms with Crippen LogP contribution in [0.25, 0.3) is 11.4 Å². The lowest BCUT2D eigenvalue weighted by molar-refractivity contribution is 1.17. The molecule has 2 rings (SSSR count). The highest BCUT2D eigenvalue weighted by molar-refractivity contribution is 6.29. The van der Waals surface area contributed by atoms with Crippen LogP contribution in [-0.4, -0.2) is 17.0 Å². The van der Waals surface area contributed by atoms with E-state index < -0.39 is 0 Å². The van der Waals surface area contributed by atoms with Gasteiger partial charge in [0.05, 0.1) is 0 Å². The van der Waals surface area contributed by atoms with Gasteiger partial charge in [-0.05, 0) is 0 Å². The lowest BCUT2D eigenvalue weighted by Gasteiger charge is -2.03. The van der Waals surface area contributed by atoms with Crippen LogP contribution in [0.2, 0.25) is 5.15 Å². The van der Waals surface area contributed by atoms with Crippen LogP contribution in [0, 0.1) is 0 Å². The quantitative estimate of drug-likeness (QED) is 0.790. The van der Waals surface area contributed by atoms with Crippen molar-refractivity contribution in [1.29, 1.82) is 0 Å². The highest BCUT2D eigenvalue weighted by Gasteiger charge is 2.03. The van der Waals surface area contributed by atoms with Crippen molar-refractivity contribution in [2.75, 3.05) is 12.4 Å². The third-order valence-electron chi connectivity index (χ3n) is 1.98. The molecule has 0 amide bonds. The number of rotatable bonds is 2. The summed E-state index contributed by atoms with van der Waals surface area (Å²) in [5.74, 6) is 1.35. The average molecular weight is 220 g/mol. The van der Waals surface area contributed by atoms with Crippen molar-refractivity contribution >= 4 is 17.4 Å². The van der Waals surface area contributed by atoms with Gasteiger partial charge < -0.3 is 5.32 Å². The van der Waals surface area contributed by atoms with Crippen molar-refractivity contribution in [1.82, 2.24) is 9.97 Å². The average Bonchev–Trinajstić information content (AvgIpc) is 2.29. The third-order valence-corrected chi connectivity index (χ3v) is 2.18. The molecule has 4 heteroatoms. The number of hydrogen-bond donors (Lipinski definition) is 1. The van der Waals surface area contributed by atoms with E-state index in [1.54, 1.807) is 13.1 Å². The van der Waals surface area contributed by atoms with E-state index in [4.69, 9.17) is 11.6 Å². The topological polar surface area (TPSA) is 37.8 Å². The lowest BCUT2D eigenvalue weighted by atomic mass is 10.2. The zero-order chi connectivity index (χ0) is 10.7. The van der Waals surface area contributed by atoms with E-state index in [0.29, 0.717) is 16.8 Å². The van der Waals surface area contributed by atoms with Crippen LogP contribution in [0.5, 0.6) is 0 Å². The largest absolute Gasteiger partial charge is 0.373 e. The monoisotopic (exact) mass is 219 g/mol. The van der Waals surface area contributed by atoms with Crippen LogP contribution in [0.4, 0.5) is 5.82 Å². The van der Waals surface area contributed by atoms with Gasteiger partial charge in [0.25, 0.3) is 0 Å². The smallest absolute Gasteiger partial charge is 0.163 e. The number of benzene rings is 1. The van der Waals surface area contributed by atoms with E-state index in [1.807, 2.05) is 30.3 Å². The second kappa shape index (κ2) is 4.28. The first kappa shape index (κ1) is 9.93. The predicted octanol–water partition coefficient (Wildman–Crippen LogP) is 2.84. The minimum absolute atomic E-state index is 0.438. The molecule has 0 unspecified atom stereocenters. The fraction of sp³-hybridized carbons (Fsp3) is 0.0909. The van der Waals surface area contributed by atoms with Gasteiger partial charge in [0.2, 0.25) is 0 Å². The molecule has 2 aromatic rings. The van der Waals surface area contributed by atoms with Crippen molar-refractivity contribution in [2.45, 2.75) is 0 Å². The normalized spacial score (nSPS) is 10.0. The Morgan fingerprint density at radius 3 is 2.53 bits per heavy atom. The number of nitrogens with one attached hydrogen (secondary N) is 1. The number of nitrogens with zero attached hydrogens (tertiary/aromatic N) is 2. The molecule has 0 atom stereocenters. The summed E-state index contributed by atoms with van der Waals surface area (Å²) in [6.07, 6.45) is 0. The molecule has 15 heavy (non-hydrogen) atoms. The first-order valence-corrected chi connectivity index (χ1v) is 4.95. The summed E-state index contributed by atoms with van der Waals surface area (Å²) in [4.78, 5) is 8.48. The van der Waals surface area contributed by atoms with E-state index in [2.05, 4.69) is 15.3 Å². The van der Waals surface area contributed by atoms with E-state index in [1.165, 1.54) is 0 Å². The summed E-state index contributed by atoms with van der Waals surface area (Å²) in [5.41, 5.74) is 0.955. The van der Waals surface area contributed by atoms with Gasteiger partial charge in [-0.15, -0.1) is 0 Å². The Morgan fingerprint density at radius 2 is 1.87 bits per heavy atom. The molecule has 3 nitrogen and oxygen atoms in total. The number of hydrogen-bond acceptors (Lipinski definition) is 3. The van der Waals surface area contributed by atoms with E-state index in [9.17, 15) is 0 Å². The van der Waals surface area contributed by atoms with Gasteiger partial charge in [-0.3, -0.25) is 0 Å². The molecule has 0 bridgehead atoms. The Bertz CT molecular complexity index is 457. The van der Waals surface area contributed by atoms with Crippen molar-refractivity contribution in [3.05, 3.63) is 41.6 Å². The van der Waals surface area contributed by atoms with Crippen LogP contribution in [0.1, 0.15) is 0 Å². The molecular formula is C11H10ClN3. The van der Waals surface area contributed by atoms with Gasteiger partial charge in [0.15, 0.2) is 5.82 Å². The summed E-state index contributed by atoms with van der Waals surface area (Å²) in [7, 11) is 1.80. The molecule has 1 heterocycles. The molecule has 76 valence electrons. The fourth-order valence-electron chi connectivity index (χ4n) is 1.26. The van der Waals surface area contributed by atoms with Gasteiger partial charge in [-0.25, -0.2) is 9.97 Å². The number of halogens is 1. The van der Waals surface area contributed by atoms with Crippen LogP contribution >= 0.6 is 11.6 Å². The Morgan fingerprint density at radius 1 is 1.13 bits per heavy atom. The zero-order valence-electron chi connectivity index (χ0n) is 8.24. The van der Waals surface area contributed by atoms with Crippen molar-refractivity contribution < 1.29 is 0 Å². The summed E-state index contributed by atoms with van der Waals surface area (Å²) in [6, 6.07) is 11.4. The molecule has 0 aliphatic heterocycles. The maximum absolute atomic E-state index is 5.89. The number of anilines is 1. The molecule has 0 aliphatic carbocycles. The molecular weight excluding hydrogens is 210 g/mol. The van der Waals surface area contributed by atoms with Crippen LogP contribution in [-0.2, 0) is 0 Å². The fourth-order valence-corrected chi connectivity index (χ4v) is 1.45. The highest BCUT2D eigenvalue weighted by Crippen LogP contribution is 2.19. The molecule has 0 spiro atoms. The second-order valence-corrected chi connectivity index (χ2v) is 3.40. The zero-order valence-corrected chi connectivity index (χ0v) is 8.99. The SMILES string of the molecule is CNc1cc(Cl)nc(-c2ccccc2)n1. The molecule has 0 saturated heterocycles. The van der Waals surface area contributed by atoms with Gasteiger partial charge in [-0.2, -0.15) is 0 Å². The first-order valence-electron chi connectivity index (χ1n) is 4.57. The van der Waals surface area contributed by atoms with Crippen LogP contribution < -0.4 is 5.32 Å². The number of aromatic nitrogens is 2. The van der Waals surface area contributed by atoms with Crippen molar-refractivity contribution in [3.63, 3.8) is 0 Å². The summed E-state index contributed by atoms with van der Waals surface area (Å²) in [6.45, 7) is 0. The molecule has 0 saturated carbocycles. The van der Waals surface area contributed by atoms with Gasteiger partial charge in [0, 0.05) is 18.7 Å². The molecule has 0 fully saturated rings. The lowest BCUT2D eigenvalue weighted by Crippen LogP contribution is -1.96. The molecule has 0 radical (unpaired) electrons. The minimum Gasteiger partial charge on any atom is -0.373 e. The Labute approximate surface area is 93.1 Å². The second-order valence-electron chi connectivity index (χ2n) is 3.02. The molecule has 1 aromatic carbocycles. The van der Waals surface area contributed by atoms with Gasteiger partial charge >= 0.3 is 0 Å². The van der Waals surface area contributed by atoms with E-state index >= 15 is 0 Å².